The van der Waals surface area contributed by atoms with Gasteiger partial charge in [0.2, 0.25) is 0 Å². The highest BCUT2D eigenvalue weighted by molar-refractivity contribution is 7.80. The van der Waals surface area contributed by atoms with Crippen LogP contribution in [0, 0.1) is 13.8 Å². The molecule has 33 heavy (non-hydrogen) atoms. The average molecular weight is 455 g/mol. The Morgan fingerprint density at radius 2 is 1.55 bits per heavy atom. The van der Waals surface area contributed by atoms with Gasteiger partial charge in [-0.15, -0.1) is 0 Å². The topological polar surface area (TPSA) is 58.9 Å². The fraction of sp³-hybridized carbons (Fsp3) is 0.231. The van der Waals surface area contributed by atoms with Gasteiger partial charge in [-0.3, -0.25) is 15.0 Å². The van der Waals surface area contributed by atoms with Crippen molar-refractivity contribution in [3.8, 4) is 0 Å². The van der Waals surface area contributed by atoms with Gasteiger partial charge in [0.1, 0.15) is 0 Å². The molecule has 166 valence electrons. The smallest absolute Gasteiger partial charge is 0.170 e. The number of nitrogens with one attached hydrogen (secondary N) is 1. The second-order valence-corrected chi connectivity index (χ2v) is 8.76. The average Bonchev–Trinajstić information content (AvgIpc) is 3.31. The summed E-state index contributed by atoms with van der Waals surface area (Å²) in [5.41, 5.74) is 7.11. The Kier molecular flexibility index (Phi) is 5.88. The summed E-state index contributed by atoms with van der Waals surface area (Å²) in [4.78, 5) is 15.3. The second-order valence-electron chi connectivity index (χ2n) is 8.38. The van der Waals surface area contributed by atoms with Gasteiger partial charge in [0.05, 0.1) is 17.8 Å². The minimum Gasteiger partial charge on any atom is -0.352 e. The standard InChI is InChI=1S/C26H26N6S/c1-18-15-22(19(2)31(18)16-20-6-11-27-12-7-20)25-24(23-5-3-4-10-29-23)30-26(33)32(25)17-21-8-13-28-14-9-21/h3-15,24-25H,16-17H2,1-2H3,(H,30,33)/t24-,25-/m1/s1. The molecule has 6 nitrogen and oxygen atoms in total. The molecule has 1 aliphatic rings. The third-order valence-corrected chi connectivity index (χ3v) is 6.67. The van der Waals surface area contributed by atoms with Crippen LogP contribution in [0.4, 0.5) is 0 Å². The summed E-state index contributed by atoms with van der Waals surface area (Å²) < 4.78 is 2.37. The summed E-state index contributed by atoms with van der Waals surface area (Å²) in [6, 6.07) is 16.6. The largest absolute Gasteiger partial charge is 0.352 e. The zero-order valence-corrected chi connectivity index (χ0v) is 19.5. The second kappa shape index (κ2) is 9.11. The van der Waals surface area contributed by atoms with Gasteiger partial charge in [-0.2, -0.15) is 0 Å². The third kappa shape index (κ3) is 4.24. The number of rotatable bonds is 6. The summed E-state index contributed by atoms with van der Waals surface area (Å²) in [6.45, 7) is 5.88. The quantitative estimate of drug-likeness (QED) is 0.433. The van der Waals surface area contributed by atoms with Crippen molar-refractivity contribution in [1.29, 1.82) is 0 Å². The van der Waals surface area contributed by atoms with Gasteiger partial charge in [0.25, 0.3) is 0 Å². The van der Waals surface area contributed by atoms with E-state index in [1.54, 1.807) is 0 Å². The van der Waals surface area contributed by atoms with E-state index >= 15 is 0 Å². The normalized spacial score (nSPS) is 17.9. The predicted octanol–water partition coefficient (Wildman–Crippen LogP) is 4.51. The Morgan fingerprint density at radius 3 is 2.18 bits per heavy atom. The molecular weight excluding hydrogens is 428 g/mol. The molecule has 1 aliphatic heterocycles. The van der Waals surface area contributed by atoms with Gasteiger partial charge >= 0.3 is 0 Å². The zero-order valence-electron chi connectivity index (χ0n) is 18.7. The fourth-order valence-corrected chi connectivity index (χ4v) is 4.95. The van der Waals surface area contributed by atoms with E-state index in [4.69, 9.17) is 12.2 Å². The monoisotopic (exact) mass is 454 g/mol. The van der Waals surface area contributed by atoms with E-state index in [2.05, 4.69) is 67.8 Å². The van der Waals surface area contributed by atoms with E-state index in [9.17, 15) is 0 Å². The molecule has 1 saturated heterocycles. The number of aromatic nitrogens is 4. The van der Waals surface area contributed by atoms with E-state index in [-0.39, 0.29) is 12.1 Å². The maximum atomic E-state index is 5.84. The summed E-state index contributed by atoms with van der Waals surface area (Å²) in [5, 5.41) is 4.30. The molecule has 5 rings (SSSR count). The van der Waals surface area contributed by atoms with Crippen LogP contribution >= 0.6 is 12.2 Å². The lowest BCUT2D eigenvalue weighted by molar-refractivity contribution is 0.309. The molecule has 0 aliphatic carbocycles. The van der Waals surface area contributed by atoms with Gasteiger partial charge in [-0.1, -0.05) is 6.07 Å². The molecule has 0 spiro atoms. The zero-order chi connectivity index (χ0) is 22.8. The highest BCUT2D eigenvalue weighted by Crippen LogP contribution is 2.41. The van der Waals surface area contributed by atoms with Crippen molar-refractivity contribution in [2.24, 2.45) is 0 Å². The molecule has 7 heteroatoms. The Bertz CT molecular complexity index is 1240. The highest BCUT2D eigenvalue weighted by atomic mass is 32.1. The maximum Gasteiger partial charge on any atom is 0.170 e. The lowest BCUT2D eigenvalue weighted by Gasteiger charge is -2.28. The molecular formula is C26H26N6S. The van der Waals surface area contributed by atoms with Gasteiger partial charge in [-0.25, -0.2) is 0 Å². The summed E-state index contributed by atoms with van der Waals surface area (Å²) in [6.07, 6.45) is 9.19. The van der Waals surface area contributed by atoms with Crippen molar-refractivity contribution in [3.63, 3.8) is 0 Å². The molecule has 0 bridgehead atoms. The third-order valence-electron chi connectivity index (χ3n) is 6.32. The van der Waals surface area contributed by atoms with Gasteiger partial charge < -0.3 is 14.8 Å². The molecule has 4 aromatic rings. The molecule has 0 saturated carbocycles. The predicted molar refractivity (Wildman–Crippen MR) is 132 cm³/mol. The highest BCUT2D eigenvalue weighted by Gasteiger charge is 2.41. The van der Waals surface area contributed by atoms with Crippen molar-refractivity contribution < 1.29 is 0 Å². The molecule has 1 fully saturated rings. The number of pyridine rings is 3. The van der Waals surface area contributed by atoms with Crippen molar-refractivity contribution in [2.75, 3.05) is 0 Å². The van der Waals surface area contributed by atoms with Crippen molar-refractivity contribution in [2.45, 2.75) is 39.0 Å². The van der Waals surface area contributed by atoms with Crippen LogP contribution in [-0.4, -0.2) is 29.5 Å². The lowest BCUT2D eigenvalue weighted by Crippen LogP contribution is -2.29. The molecule has 4 aromatic heterocycles. The minimum absolute atomic E-state index is 0.0259. The summed E-state index contributed by atoms with van der Waals surface area (Å²) >= 11 is 5.84. The van der Waals surface area contributed by atoms with Crippen molar-refractivity contribution in [1.82, 2.24) is 29.7 Å². The Labute approximate surface area is 199 Å². The Balaban J connectivity index is 1.56. The lowest BCUT2D eigenvalue weighted by atomic mass is 9.96. The molecule has 2 atom stereocenters. The molecule has 0 radical (unpaired) electrons. The minimum atomic E-state index is -0.0320. The van der Waals surface area contributed by atoms with Crippen LogP contribution in [0.3, 0.4) is 0 Å². The molecule has 1 N–H and O–H groups in total. The van der Waals surface area contributed by atoms with E-state index in [1.807, 2.05) is 55.2 Å². The summed E-state index contributed by atoms with van der Waals surface area (Å²) in [5.74, 6) is 0. The first-order chi connectivity index (χ1) is 16.1. The van der Waals surface area contributed by atoms with Crippen molar-refractivity contribution >= 4 is 17.3 Å². The van der Waals surface area contributed by atoms with Crippen LogP contribution in [0.2, 0.25) is 0 Å². The number of thiocarbonyl (C=S) groups is 1. The number of nitrogens with zero attached hydrogens (tertiary/aromatic N) is 5. The van der Waals surface area contributed by atoms with Crippen LogP contribution in [0.25, 0.3) is 0 Å². The molecule has 0 aromatic carbocycles. The molecule has 5 heterocycles. The first-order valence-corrected chi connectivity index (χ1v) is 11.4. The van der Waals surface area contributed by atoms with Gasteiger partial charge in [0, 0.05) is 55.5 Å². The SMILES string of the molecule is Cc1cc([C@@H]2[C@@H](c3ccccn3)NC(=S)N2Cc2ccncc2)c(C)n1Cc1ccncc1. The van der Waals surface area contributed by atoms with E-state index in [1.165, 1.54) is 28.1 Å². The molecule has 0 unspecified atom stereocenters. The molecule has 0 amide bonds. The number of hydrogen-bond donors (Lipinski definition) is 1. The Hall–Kier alpha value is -3.58. The maximum absolute atomic E-state index is 5.84. The fourth-order valence-electron chi connectivity index (χ4n) is 4.64. The Morgan fingerprint density at radius 1 is 0.879 bits per heavy atom. The van der Waals surface area contributed by atoms with Crippen LogP contribution in [0.1, 0.15) is 45.9 Å². The van der Waals surface area contributed by atoms with Crippen LogP contribution in [0.5, 0.6) is 0 Å². The van der Waals surface area contributed by atoms with Crippen LogP contribution < -0.4 is 5.32 Å². The van der Waals surface area contributed by atoms with E-state index in [0.717, 1.165) is 17.4 Å². The first kappa shape index (κ1) is 21.3. The van der Waals surface area contributed by atoms with E-state index < -0.39 is 0 Å². The van der Waals surface area contributed by atoms with Gasteiger partial charge in [-0.05, 0) is 85.2 Å². The number of aryl methyl sites for hydroxylation is 1. The number of hydrogen-bond acceptors (Lipinski definition) is 4. The first-order valence-electron chi connectivity index (χ1n) is 11.0. The summed E-state index contributed by atoms with van der Waals surface area (Å²) in [7, 11) is 0. The van der Waals surface area contributed by atoms with Crippen molar-refractivity contribution in [3.05, 3.63) is 113 Å². The van der Waals surface area contributed by atoms with E-state index in [0.29, 0.717) is 6.54 Å². The van der Waals surface area contributed by atoms with Gasteiger partial charge in [0.15, 0.2) is 5.11 Å². The van der Waals surface area contributed by atoms with Crippen LogP contribution in [0.15, 0.2) is 79.5 Å². The van der Waals surface area contributed by atoms with Crippen LogP contribution in [-0.2, 0) is 13.1 Å².